The van der Waals surface area contributed by atoms with Gasteiger partial charge in [-0.05, 0) is 37.1 Å². The van der Waals surface area contributed by atoms with Crippen LogP contribution in [-0.2, 0) is 22.4 Å². The minimum absolute atomic E-state index is 0. The number of aryl methyl sites for hydroxylation is 1. The first kappa shape index (κ1) is 25.8. The van der Waals surface area contributed by atoms with E-state index in [4.69, 9.17) is 20.2 Å². The number of benzene rings is 1. The molecule has 1 aromatic heterocycles. The lowest BCUT2D eigenvalue weighted by molar-refractivity contribution is 0.0178. The predicted octanol–water partition coefficient (Wildman–Crippen LogP) is 1.68. The largest absolute Gasteiger partial charge is 0.388 e. The molecule has 4 atom stereocenters. The number of aromatic nitrogens is 2. The number of nitrogens with zero attached hydrogens (tertiary/aromatic N) is 2. The summed E-state index contributed by atoms with van der Waals surface area (Å²) < 4.78 is 13.4. The Morgan fingerprint density at radius 3 is 2.74 bits per heavy atom. The van der Waals surface area contributed by atoms with Crippen molar-refractivity contribution >= 4 is 41.8 Å². The highest BCUT2D eigenvalue weighted by atomic mass is 35.5. The third-order valence-electron chi connectivity index (χ3n) is 5.61. The number of hydrogen-bond acceptors (Lipinski definition) is 6. The standard InChI is InChI=1S/C21H30N4O4.2ClH/c1-12(2)8-18-23-14-5-4-13(9-16(14)25(18)7-3-6-22)21(27)24-15-10-28-20-17(26)11-29-19(15)20;;/h4-5,9,12,15,17,19-20,26H,3,6-8,10-11,22H2,1-2H3,(H,24,27);2*1H/t15-,17-,19-,20-;;/m1../s1. The van der Waals surface area contributed by atoms with Crippen LogP contribution in [0.25, 0.3) is 11.0 Å². The van der Waals surface area contributed by atoms with Crippen LogP contribution in [0.5, 0.6) is 0 Å². The maximum atomic E-state index is 12.9. The third-order valence-corrected chi connectivity index (χ3v) is 5.61. The summed E-state index contributed by atoms with van der Waals surface area (Å²) in [5.74, 6) is 1.34. The van der Waals surface area contributed by atoms with Crippen LogP contribution in [0.4, 0.5) is 0 Å². The van der Waals surface area contributed by atoms with Gasteiger partial charge in [-0.1, -0.05) is 13.8 Å². The van der Waals surface area contributed by atoms with Crippen molar-refractivity contribution in [3.8, 4) is 0 Å². The molecule has 0 unspecified atom stereocenters. The van der Waals surface area contributed by atoms with Gasteiger partial charge in [0.2, 0.25) is 0 Å². The molecule has 2 aliphatic heterocycles. The average molecular weight is 475 g/mol. The minimum atomic E-state index is -0.630. The molecule has 174 valence electrons. The number of nitrogens with one attached hydrogen (secondary N) is 1. The van der Waals surface area contributed by atoms with Gasteiger partial charge in [-0.2, -0.15) is 0 Å². The number of amides is 1. The molecule has 3 heterocycles. The van der Waals surface area contributed by atoms with E-state index in [1.807, 2.05) is 12.1 Å². The van der Waals surface area contributed by atoms with Gasteiger partial charge >= 0.3 is 0 Å². The predicted molar refractivity (Wildman–Crippen MR) is 123 cm³/mol. The number of fused-ring (bicyclic) bond motifs is 2. The smallest absolute Gasteiger partial charge is 0.251 e. The first-order valence-corrected chi connectivity index (χ1v) is 10.4. The molecule has 2 saturated heterocycles. The molecule has 2 aliphatic rings. The molecule has 4 rings (SSSR count). The first-order valence-electron chi connectivity index (χ1n) is 10.4. The van der Waals surface area contributed by atoms with Crippen LogP contribution in [0, 0.1) is 5.92 Å². The van der Waals surface area contributed by atoms with E-state index >= 15 is 0 Å². The van der Waals surface area contributed by atoms with Crippen molar-refractivity contribution < 1.29 is 19.4 Å². The van der Waals surface area contributed by atoms with Crippen molar-refractivity contribution in [2.24, 2.45) is 11.7 Å². The van der Waals surface area contributed by atoms with E-state index in [0.717, 1.165) is 36.2 Å². The molecule has 0 radical (unpaired) electrons. The summed E-state index contributed by atoms with van der Waals surface area (Å²) >= 11 is 0. The van der Waals surface area contributed by atoms with Gasteiger partial charge in [0.1, 0.15) is 24.1 Å². The number of hydrogen-bond donors (Lipinski definition) is 3. The summed E-state index contributed by atoms with van der Waals surface area (Å²) in [4.78, 5) is 17.7. The molecule has 4 N–H and O–H groups in total. The molecule has 0 bridgehead atoms. The molecule has 8 nitrogen and oxygen atoms in total. The van der Waals surface area contributed by atoms with Gasteiger partial charge in [-0.3, -0.25) is 4.79 Å². The molecular formula is C21H32Cl2N4O4. The lowest BCUT2D eigenvalue weighted by Gasteiger charge is -2.17. The van der Waals surface area contributed by atoms with Crippen molar-refractivity contribution in [1.29, 1.82) is 0 Å². The van der Waals surface area contributed by atoms with Gasteiger partial charge in [-0.25, -0.2) is 4.98 Å². The second-order valence-corrected chi connectivity index (χ2v) is 8.37. The van der Waals surface area contributed by atoms with Crippen molar-refractivity contribution in [2.75, 3.05) is 19.8 Å². The van der Waals surface area contributed by atoms with Crippen molar-refractivity contribution in [2.45, 2.75) is 57.6 Å². The molecule has 2 aromatic rings. The van der Waals surface area contributed by atoms with Crippen LogP contribution >= 0.6 is 24.8 Å². The molecule has 2 fully saturated rings. The monoisotopic (exact) mass is 474 g/mol. The van der Waals surface area contributed by atoms with Crippen molar-refractivity contribution in [1.82, 2.24) is 14.9 Å². The maximum absolute atomic E-state index is 12.9. The zero-order valence-electron chi connectivity index (χ0n) is 17.8. The lowest BCUT2D eigenvalue weighted by Crippen LogP contribution is -2.44. The Morgan fingerprint density at radius 1 is 1.29 bits per heavy atom. The highest BCUT2D eigenvalue weighted by molar-refractivity contribution is 5.97. The zero-order valence-corrected chi connectivity index (χ0v) is 19.5. The summed E-state index contributed by atoms with van der Waals surface area (Å²) in [7, 11) is 0. The van der Waals surface area contributed by atoms with Gasteiger partial charge in [0.15, 0.2) is 0 Å². The topological polar surface area (TPSA) is 112 Å². The van der Waals surface area contributed by atoms with E-state index < -0.39 is 6.10 Å². The van der Waals surface area contributed by atoms with Crippen LogP contribution < -0.4 is 11.1 Å². The zero-order chi connectivity index (χ0) is 20.5. The fourth-order valence-electron chi connectivity index (χ4n) is 4.19. The Hall–Kier alpha value is -1.42. The summed E-state index contributed by atoms with van der Waals surface area (Å²) in [5, 5.41) is 12.9. The normalized spacial score (nSPS) is 24.7. The number of ether oxygens (including phenoxy) is 2. The van der Waals surface area contributed by atoms with Crippen molar-refractivity contribution in [3.63, 3.8) is 0 Å². The molecule has 0 saturated carbocycles. The number of imidazole rings is 1. The second kappa shape index (κ2) is 10.9. The van der Waals surface area contributed by atoms with E-state index in [9.17, 15) is 9.90 Å². The van der Waals surface area contributed by atoms with Gasteiger partial charge in [-0.15, -0.1) is 24.8 Å². The van der Waals surface area contributed by atoms with E-state index in [1.165, 1.54) is 0 Å². The summed E-state index contributed by atoms with van der Waals surface area (Å²) in [6.45, 7) is 6.32. The number of carbonyl (C=O) groups is 1. The summed E-state index contributed by atoms with van der Waals surface area (Å²) in [6.07, 6.45) is 0.442. The number of nitrogens with two attached hydrogens (primary N) is 1. The summed E-state index contributed by atoms with van der Waals surface area (Å²) in [5.41, 5.74) is 8.14. The van der Waals surface area contributed by atoms with Gasteiger partial charge in [0.25, 0.3) is 5.91 Å². The SMILES string of the molecule is CC(C)Cc1nc2ccc(C(=O)N[C@@H]3CO[C@H]4[C@@H]3OC[C@H]4O)cc2n1CCCN.Cl.Cl. The fourth-order valence-corrected chi connectivity index (χ4v) is 4.19. The van der Waals surface area contributed by atoms with E-state index in [1.54, 1.807) is 6.07 Å². The first-order chi connectivity index (χ1) is 14.0. The van der Waals surface area contributed by atoms with Crippen LogP contribution in [0.3, 0.4) is 0 Å². The van der Waals surface area contributed by atoms with Gasteiger partial charge < -0.3 is 30.2 Å². The van der Waals surface area contributed by atoms with Crippen LogP contribution in [0.15, 0.2) is 18.2 Å². The molecule has 1 amide bonds. The Labute approximate surface area is 194 Å². The minimum Gasteiger partial charge on any atom is -0.388 e. The third kappa shape index (κ3) is 5.32. The lowest BCUT2D eigenvalue weighted by atomic mass is 10.1. The van der Waals surface area contributed by atoms with Gasteiger partial charge in [0.05, 0.1) is 30.3 Å². The van der Waals surface area contributed by atoms with E-state index in [-0.39, 0.29) is 55.6 Å². The Balaban J connectivity index is 0.00000171. The summed E-state index contributed by atoms with van der Waals surface area (Å²) in [6, 6.07) is 5.33. The molecule has 0 aliphatic carbocycles. The second-order valence-electron chi connectivity index (χ2n) is 8.37. The number of carbonyl (C=O) groups excluding carboxylic acids is 1. The maximum Gasteiger partial charge on any atom is 0.251 e. The Bertz CT molecular complexity index is 892. The highest BCUT2D eigenvalue weighted by Crippen LogP contribution is 2.27. The van der Waals surface area contributed by atoms with Crippen LogP contribution in [0.2, 0.25) is 0 Å². The Kier molecular flexibility index (Phi) is 9.12. The molecule has 1 aromatic carbocycles. The van der Waals surface area contributed by atoms with Gasteiger partial charge in [0, 0.05) is 18.5 Å². The molecule has 10 heteroatoms. The van der Waals surface area contributed by atoms with Crippen molar-refractivity contribution in [3.05, 3.63) is 29.6 Å². The fraction of sp³-hybridized carbons (Fsp3) is 0.619. The molecule has 0 spiro atoms. The number of rotatable bonds is 7. The number of aliphatic hydroxyl groups excluding tert-OH is 1. The quantitative estimate of drug-likeness (QED) is 0.562. The molecular weight excluding hydrogens is 443 g/mol. The van der Waals surface area contributed by atoms with E-state index in [0.29, 0.717) is 24.6 Å². The van der Waals surface area contributed by atoms with E-state index in [2.05, 4.69) is 23.7 Å². The highest BCUT2D eigenvalue weighted by Gasteiger charge is 2.47. The number of halogens is 2. The van der Waals surface area contributed by atoms with Crippen LogP contribution in [-0.4, -0.2) is 64.7 Å². The molecule has 31 heavy (non-hydrogen) atoms. The van der Waals surface area contributed by atoms with Crippen LogP contribution in [0.1, 0.15) is 36.5 Å². The average Bonchev–Trinajstić information content (AvgIpc) is 3.35. The Morgan fingerprint density at radius 2 is 2.03 bits per heavy atom. The number of aliphatic hydroxyl groups is 1.